The van der Waals surface area contributed by atoms with Gasteiger partial charge in [-0.1, -0.05) is 34.7 Å². The van der Waals surface area contributed by atoms with Crippen molar-refractivity contribution >= 4 is 22.6 Å². The third kappa shape index (κ3) is 4.21. The van der Waals surface area contributed by atoms with Crippen molar-refractivity contribution in [2.75, 3.05) is 18.1 Å². The Hall–Kier alpha value is -0.430. The normalized spacial score (nSPS) is 12.8. The van der Waals surface area contributed by atoms with Gasteiger partial charge < -0.3 is 9.47 Å². The molecule has 0 heterocycles. The molecule has 5 heteroatoms. The molecule has 0 saturated heterocycles. The van der Waals surface area contributed by atoms with Crippen LogP contribution in [0.1, 0.15) is 11.7 Å². The Kier molecular flexibility index (Phi) is 5.97. The molecule has 1 aromatic rings. The zero-order valence-corrected chi connectivity index (χ0v) is 11.0. The lowest BCUT2D eigenvalue weighted by Crippen LogP contribution is -2.11. The third-order valence-electron chi connectivity index (χ3n) is 2.03. The van der Waals surface area contributed by atoms with Crippen LogP contribution in [0, 0.1) is 0 Å². The smallest absolute Gasteiger partial charge is 0.261 e. The molecule has 0 saturated carbocycles. The van der Waals surface area contributed by atoms with Gasteiger partial charge in [-0.2, -0.15) is 0 Å². The summed E-state index contributed by atoms with van der Waals surface area (Å²) >= 11 is 2.11. The second kappa shape index (κ2) is 7.01. The highest BCUT2D eigenvalue weighted by molar-refractivity contribution is 14.1. The summed E-state index contributed by atoms with van der Waals surface area (Å²) in [6.07, 6.45) is -2.75. The van der Waals surface area contributed by atoms with Crippen molar-refractivity contribution in [2.45, 2.75) is 12.5 Å². The number of hydrogen-bond acceptors (Lipinski definition) is 2. The van der Waals surface area contributed by atoms with E-state index in [1.807, 2.05) is 12.1 Å². The van der Waals surface area contributed by atoms with E-state index in [2.05, 4.69) is 22.6 Å². The molecule has 2 nitrogen and oxygen atoms in total. The standard InChI is InChI=1S/C11H13F2IO2/c1-15-9-4-2-3-8(5-9)10(6-14)16-7-11(12)13/h2-5,10-11H,6-7H2,1H3. The van der Waals surface area contributed by atoms with Gasteiger partial charge in [0.1, 0.15) is 12.4 Å². The number of halogens is 3. The van der Waals surface area contributed by atoms with Gasteiger partial charge in [0.2, 0.25) is 0 Å². The highest BCUT2D eigenvalue weighted by Gasteiger charge is 2.14. The molecule has 1 atom stereocenters. The van der Waals surface area contributed by atoms with Gasteiger partial charge in [-0.3, -0.25) is 0 Å². The molecule has 1 aromatic carbocycles. The second-order valence-corrected chi connectivity index (χ2v) is 4.02. The van der Waals surface area contributed by atoms with Gasteiger partial charge in [-0.05, 0) is 17.7 Å². The van der Waals surface area contributed by atoms with Crippen LogP contribution in [0.2, 0.25) is 0 Å². The minimum Gasteiger partial charge on any atom is -0.497 e. The maximum absolute atomic E-state index is 12.0. The van der Waals surface area contributed by atoms with E-state index in [0.29, 0.717) is 10.2 Å². The van der Waals surface area contributed by atoms with Crippen LogP contribution in [0.15, 0.2) is 24.3 Å². The van der Waals surface area contributed by atoms with Crippen LogP contribution < -0.4 is 4.74 Å². The lowest BCUT2D eigenvalue weighted by molar-refractivity contribution is -0.0153. The number of ether oxygens (including phenoxy) is 2. The fraction of sp³-hybridized carbons (Fsp3) is 0.455. The van der Waals surface area contributed by atoms with E-state index in [-0.39, 0.29) is 6.10 Å². The summed E-state index contributed by atoms with van der Waals surface area (Å²) in [5.74, 6) is 0.702. The van der Waals surface area contributed by atoms with Crippen molar-refractivity contribution in [2.24, 2.45) is 0 Å². The van der Waals surface area contributed by atoms with Crippen LogP contribution in [0.4, 0.5) is 8.78 Å². The fourth-order valence-electron chi connectivity index (χ4n) is 1.26. The minimum atomic E-state index is -2.43. The summed E-state index contributed by atoms with van der Waals surface area (Å²) in [4.78, 5) is 0. The molecule has 1 rings (SSSR count). The lowest BCUT2D eigenvalue weighted by atomic mass is 10.1. The largest absolute Gasteiger partial charge is 0.497 e. The predicted molar refractivity (Wildman–Crippen MR) is 66.6 cm³/mol. The molecular formula is C11H13F2IO2. The number of alkyl halides is 3. The summed E-state index contributed by atoms with van der Waals surface area (Å²) in [5.41, 5.74) is 0.856. The van der Waals surface area contributed by atoms with Gasteiger partial charge >= 0.3 is 0 Å². The summed E-state index contributed by atoms with van der Waals surface area (Å²) in [6, 6.07) is 7.27. The lowest BCUT2D eigenvalue weighted by Gasteiger charge is -2.16. The molecule has 1 unspecified atom stereocenters. The molecule has 0 N–H and O–H groups in total. The van der Waals surface area contributed by atoms with Crippen LogP contribution >= 0.6 is 22.6 Å². The molecule has 0 aliphatic heterocycles. The van der Waals surface area contributed by atoms with Crippen LogP contribution in [-0.2, 0) is 4.74 Å². The number of methoxy groups -OCH3 is 1. The first-order chi connectivity index (χ1) is 7.67. The van der Waals surface area contributed by atoms with E-state index in [1.54, 1.807) is 19.2 Å². The first-order valence-electron chi connectivity index (χ1n) is 4.77. The zero-order chi connectivity index (χ0) is 12.0. The Morgan fingerprint density at radius 3 is 2.69 bits per heavy atom. The van der Waals surface area contributed by atoms with Crippen molar-refractivity contribution in [1.82, 2.24) is 0 Å². The van der Waals surface area contributed by atoms with Gasteiger partial charge in [0.25, 0.3) is 6.43 Å². The van der Waals surface area contributed by atoms with Gasteiger partial charge in [0.15, 0.2) is 0 Å². The Morgan fingerprint density at radius 1 is 1.38 bits per heavy atom. The maximum atomic E-state index is 12.0. The van der Waals surface area contributed by atoms with Crippen LogP contribution in [0.25, 0.3) is 0 Å². The van der Waals surface area contributed by atoms with Crippen molar-refractivity contribution in [3.05, 3.63) is 29.8 Å². The summed E-state index contributed by atoms with van der Waals surface area (Å²) < 4.78 is 34.9. The SMILES string of the molecule is COc1cccc(C(CI)OCC(F)F)c1. The van der Waals surface area contributed by atoms with Crippen molar-refractivity contribution in [3.63, 3.8) is 0 Å². The molecule has 0 aliphatic rings. The number of benzene rings is 1. The van der Waals surface area contributed by atoms with Gasteiger partial charge in [0.05, 0.1) is 13.2 Å². The molecule has 0 aliphatic carbocycles. The summed E-state index contributed by atoms with van der Waals surface area (Å²) in [5, 5.41) is 0. The van der Waals surface area contributed by atoms with Crippen LogP contribution in [-0.4, -0.2) is 24.6 Å². The molecule has 90 valence electrons. The predicted octanol–water partition coefficient (Wildman–Crippen LogP) is 3.45. The first kappa shape index (κ1) is 13.6. The second-order valence-electron chi connectivity index (χ2n) is 3.14. The Labute approximate surface area is 107 Å². The van der Waals surface area contributed by atoms with E-state index in [1.165, 1.54) is 0 Å². The maximum Gasteiger partial charge on any atom is 0.261 e. The van der Waals surface area contributed by atoms with Gasteiger partial charge in [-0.25, -0.2) is 8.78 Å². The topological polar surface area (TPSA) is 18.5 Å². The molecule has 0 fully saturated rings. The Morgan fingerprint density at radius 2 is 2.12 bits per heavy atom. The third-order valence-corrected chi connectivity index (χ3v) is 2.83. The van der Waals surface area contributed by atoms with Crippen molar-refractivity contribution < 1.29 is 18.3 Å². The van der Waals surface area contributed by atoms with E-state index < -0.39 is 13.0 Å². The zero-order valence-electron chi connectivity index (χ0n) is 8.83. The van der Waals surface area contributed by atoms with E-state index in [0.717, 1.165) is 5.56 Å². The number of hydrogen-bond donors (Lipinski definition) is 0. The average Bonchev–Trinajstić information content (AvgIpc) is 2.30. The highest BCUT2D eigenvalue weighted by atomic mass is 127. The molecule has 0 aromatic heterocycles. The van der Waals surface area contributed by atoms with Crippen molar-refractivity contribution in [1.29, 1.82) is 0 Å². The van der Waals surface area contributed by atoms with E-state index in [4.69, 9.17) is 9.47 Å². The molecule has 0 amide bonds. The fourth-order valence-corrected chi connectivity index (χ4v) is 2.02. The van der Waals surface area contributed by atoms with E-state index in [9.17, 15) is 8.78 Å². The summed E-state index contributed by atoms with van der Waals surface area (Å²) in [6.45, 7) is -0.537. The van der Waals surface area contributed by atoms with Crippen LogP contribution in [0.3, 0.4) is 0 Å². The van der Waals surface area contributed by atoms with Gasteiger partial charge in [-0.15, -0.1) is 0 Å². The van der Waals surface area contributed by atoms with E-state index >= 15 is 0 Å². The van der Waals surface area contributed by atoms with Crippen LogP contribution in [0.5, 0.6) is 5.75 Å². The quantitative estimate of drug-likeness (QED) is 0.582. The Balaban J connectivity index is 2.70. The minimum absolute atomic E-state index is 0.315. The molecule has 0 radical (unpaired) electrons. The number of rotatable bonds is 6. The monoisotopic (exact) mass is 342 g/mol. The molecule has 0 bridgehead atoms. The Bertz CT molecular complexity index is 321. The average molecular weight is 342 g/mol. The van der Waals surface area contributed by atoms with Gasteiger partial charge in [0, 0.05) is 4.43 Å². The summed E-state index contributed by atoms with van der Waals surface area (Å²) in [7, 11) is 1.57. The molecule has 16 heavy (non-hydrogen) atoms. The first-order valence-corrected chi connectivity index (χ1v) is 6.29. The highest BCUT2D eigenvalue weighted by Crippen LogP contribution is 2.24. The van der Waals surface area contributed by atoms with Crippen molar-refractivity contribution in [3.8, 4) is 5.75 Å². The molecular weight excluding hydrogens is 329 g/mol. The molecule has 0 spiro atoms.